The first-order valence-electron chi connectivity index (χ1n) is 9.41. The number of benzene rings is 3. The van der Waals surface area contributed by atoms with Crippen LogP contribution in [0.3, 0.4) is 0 Å². The standard InChI is InChI=1S/C24H17N3O3/c1-29-15-7-9-20-14(10-15)11-18(24(28)27-20)21-17-8-6-13-4-2-3-5-16(13)22(17)30-23(26)19(21)12-25/h2-11,21H,26H2,1H3,(H,27,28)/t21-/m0/s1. The summed E-state index contributed by atoms with van der Waals surface area (Å²) in [6.45, 7) is 0. The van der Waals surface area contributed by atoms with Gasteiger partial charge in [0.2, 0.25) is 5.88 Å². The molecular weight excluding hydrogens is 378 g/mol. The maximum absolute atomic E-state index is 13.0. The van der Waals surface area contributed by atoms with Crippen LogP contribution in [0.25, 0.3) is 21.7 Å². The molecule has 0 radical (unpaired) electrons. The third-order valence-electron chi connectivity index (χ3n) is 5.50. The molecule has 6 nitrogen and oxygen atoms in total. The van der Waals surface area contributed by atoms with Crippen LogP contribution in [0.5, 0.6) is 11.5 Å². The van der Waals surface area contributed by atoms with Gasteiger partial charge in [-0.05, 0) is 29.7 Å². The van der Waals surface area contributed by atoms with Crippen LogP contribution in [0.15, 0.2) is 76.9 Å². The van der Waals surface area contributed by atoms with Crippen LogP contribution in [0.2, 0.25) is 0 Å². The van der Waals surface area contributed by atoms with Crippen LogP contribution < -0.4 is 20.8 Å². The predicted molar refractivity (Wildman–Crippen MR) is 114 cm³/mol. The Morgan fingerprint density at radius 1 is 1.07 bits per heavy atom. The van der Waals surface area contributed by atoms with E-state index in [1.54, 1.807) is 25.3 Å². The third kappa shape index (κ3) is 2.60. The van der Waals surface area contributed by atoms with Crippen LogP contribution in [-0.2, 0) is 0 Å². The molecule has 0 aliphatic carbocycles. The normalized spacial score (nSPS) is 15.5. The molecule has 0 saturated heterocycles. The Morgan fingerprint density at radius 3 is 2.70 bits per heavy atom. The molecule has 0 fully saturated rings. The van der Waals surface area contributed by atoms with Crippen LogP contribution in [-0.4, -0.2) is 12.1 Å². The van der Waals surface area contributed by atoms with Crippen molar-refractivity contribution in [1.29, 1.82) is 5.26 Å². The van der Waals surface area contributed by atoms with E-state index in [1.807, 2.05) is 42.5 Å². The van der Waals surface area contributed by atoms with Gasteiger partial charge in [0.05, 0.1) is 13.0 Å². The van der Waals surface area contributed by atoms with Crippen LogP contribution in [0.4, 0.5) is 0 Å². The number of nitriles is 1. The lowest BCUT2D eigenvalue weighted by Gasteiger charge is -2.27. The van der Waals surface area contributed by atoms with E-state index in [0.29, 0.717) is 22.6 Å². The lowest BCUT2D eigenvalue weighted by Crippen LogP contribution is -2.25. The number of rotatable bonds is 2. The Hall–Kier alpha value is -4.24. The quantitative estimate of drug-likeness (QED) is 0.536. The Kier molecular flexibility index (Phi) is 3.97. The van der Waals surface area contributed by atoms with Crippen molar-refractivity contribution in [2.24, 2.45) is 5.73 Å². The number of nitrogens with zero attached hydrogens (tertiary/aromatic N) is 1. The number of hydrogen-bond donors (Lipinski definition) is 2. The van der Waals surface area contributed by atoms with Crippen LogP contribution >= 0.6 is 0 Å². The summed E-state index contributed by atoms with van der Waals surface area (Å²) in [5.41, 5.74) is 7.91. The van der Waals surface area contributed by atoms with Crippen LogP contribution in [0.1, 0.15) is 17.0 Å². The van der Waals surface area contributed by atoms with Gasteiger partial charge < -0.3 is 20.2 Å². The molecule has 30 heavy (non-hydrogen) atoms. The molecule has 3 aromatic carbocycles. The summed E-state index contributed by atoms with van der Waals surface area (Å²) in [6.07, 6.45) is 0. The molecule has 0 bridgehead atoms. The maximum Gasteiger partial charge on any atom is 0.252 e. The second-order valence-electron chi connectivity index (χ2n) is 7.14. The summed E-state index contributed by atoms with van der Waals surface area (Å²) in [5, 5.41) is 12.5. The number of fused-ring (bicyclic) bond motifs is 4. The summed E-state index contributed by atoms with van der Waals surface area (Å²) < 4.78 is 11.2. The number of nitrogens with two attached hydrogens (primary N) is 1. The monoisotopic (exact) mass is 395 g/mol. The second kappa shape index (κ2) is 6.68. The van der Waals surface area contributed by atoms with Gasteiger partial charge >= 0.3 is 0 Å². The van der Waals surface area contributed by atoms with Gasteiger partial charge in [-0.25, -0.2) is 0 Å². The zero-order valence-corrected chi connectivity index (χ0v) is 16.1. The maximum atomic E-state index is 13.0. The van der Waals surface area contributed by atoms with Gasteiger partial charge in [-0.15, -0.1) is 0 Å². The Bertz CT molecular complexity index is 1460. The number of aromatic nitrogens is 1. The lowest BCUT2D eigenvalue weighted by atomic mass is 9.82. The Balaban J connectivity index is 1.82. The number of methoxy groups -OCH3 is 1. The molecule has 5 rings (SSSR count). The number of ether oxygens (including phenoxy) is 2. The van der Waals surface area contributed by atoms with Gasteiger partial charge in [-0.3, -0.25) is 4.79 Å². The minimum Gasteiger partial charge on any atom is -0.497 e. The molecule has 1 aromatic heterocycles. The molecular formula is C24H17N3O3. The molecule has 1 aliphatic rings. The molecule has 0 unspecified atom stereocenters. The van der Waals surface area contributed by atoms with E-state index < -0.39 is 5.92 Å². The Morgan fingerprint density at radius 2 is 1.90 bits per heavy atom. The molecule has 6 heteroatoms. The minimum absolute atomic E-state index is 0.0106. The highest BCUT2D eigenvalue weighted by Gasteiger charge is 2.33. The summed E-state index contributed by atoms with van der Waals surface area (Å²) in [5.74, 6) is 0.619. The number of pyridine rings is 1. The van der Waals surface area contributed by atoms with Gasteiger partial charge in [-0.1, -0.05) is 36.4 Å². The van der Waals surface area contributed by atoms with Crippen molar-refractivity contribution in [1.82, 2.24) is 4.98 Å². The van der Waals surface area contributed by atoms with E-state index in [2.05, 4.69) is 11.1 Å². The molecule has 0 amide bonds. The van der Waals surface area contributed by atoms with E-state index in [1.165, 1.54) is 0 Å². The van der Waals surface area contributed by atoms with Crippen molar-refractivity contribution < 1.29 is 9.47 Å². The number of hydrogen-bond acceptors (Lipinski definition) is 5. The second-order valence-corrected chi connectivity index (χ2v) is 7.14. The average Bonchev–Trinajstić information content (AvgIpc) is 2.77. The first-order chi connectivity index (χ1) is 14.6. The number of nitrogens with one attached hydrogen (secondary N) is 1. The summed E-state index contributed by atoms with van der Waals surface area (Å²) in [6, 6.07) is 21.0. The fourth-order valence-electron chi connectivity index (χ4n) is 4.05. The predicted octanol–water partition coefficient (Wildman–Crippen LogP) is 3.91. The van der Waals surface area contributed by atoms with E-state index >= 15 is 0 Å². The topological polar surface area (TPSA) is 101 Å². The molecule has 1 atom stereocenters. The number of H-pyrrole nitrogens is 1. The molecule has 1 aliphatic heterocycles. The van der Waals surface area contributed by atoms with Crippen molar-refractivity contribution in [2.45, 2.75) is 5.92 Å². The number of aromatic amines is 1. The molecule has 146 valence electrons. The fraction of sp³-hybridized carbons (Fsp3) is 0.0833. The van der Waals surface area contributed by atoms with E-state index in [9.17, 15) is 10.1 Å². The smallest absolute Gasteiger partial charge is 0.252 e. The molecule has 0 saturated carbocycles. The Labute approximate surface area is 171 Å². The van der Waals surface area contributed by atoms with Crippen molar-refractivity contribution in [2.75, 3.05) is 7.11 Å². The summed E-state index contributed by atoms with van der Waals surface area (Å²) >= 11 is 0. The van der Waals surface area contributed by atoms with Crippen LogP contribution in [0, 0.1) is 11.3 Å². The molecule has 2 heterocycles. The van der Waals surface area contributed by atoms with Gasteiger partial charge in [0, 0.05) is 27.4 Å². The van der Waals surface area contributed by atoms with Crippen molar-refractivity contribution in [3.05, 3.63) is 93.6 Å². The van der Waals surface area contributed by atoms with E-state index in [4.69, 9.17) is 15.2 Å². The van der Waals surface area contributed by atoms with Crippen molar-refractivity contribution in [3.63, 3.8) is 0 Å². The van der Waals surface area contributed by atoms with E-state index in [-0.39, 0.29) is 17.0 Å². The SMILES string of the molecule is COc1ccc2[nH]c(=O)c([C@H]3C(C#N)=C(N)Oc4c3ccc3ccccc43)cc2c1. The zero-order valence-electron chi connectivity index (χ0n) is 16.1. The highest BCUT2D eigenvalue weighted by molar-refractivity contribution is 5.91. The van der Waals surface area contributed by atoms with E-state index in [0.717, 1.165) is 21.7 Å². The highest BCUT2D eigenvalue weighted by atomic mass is 16.5. The van der Waals surface area contributed by atoms with Gasteiger partial charge in [0.1, 0.15) is 23.1 Å². The van der Waals surface area contributed by atoms with Gasteiger partial charge in [0.15, 0.2) is 0 Å². The zero-order chi connectivity index (χ0) is 20.8. The van der Waals surface area contributed by atoms with Crippen molar-refractivity contribution >= 4 is 21.7 Å². The first kappa shape index (κ1) is 17.8. The minimum atomic E-state index is -0.636. The van der Waals surface area contributed by atoms with Gasteiger partial charge in [-0.2, -0.15) is 5.26 Å². The number of allylic oxidation sites excluding steroid dienone is 1. The molecule has 0 spiro atoms. The third-order valence-corrected chi connectivity index (χ3v) is 5.50. The lowest BCUT2D eigenvalue weighted by molar-refractivity contribution is 0.398. The first-order valence-corrected chi connectivity index (χ1v) is 9.41. The highest BCUT2D eigenvalue weighted by Crippen LogP contribution is 2.44. The van der Waals surface area contributed by atoms with Crippen molar-refractivity contribution in [3.8, 4) is 17.6 Å². The van der Waals surface area contributed by atoms with Gasteiger partial charge in [0.25, 0.3) is 5.56 Å². The molecule has 3 N–H and O–H groups in total. The summed E-state index contributed by atoms with van der Waals surface area (Å²) in [7, 11) is 1.59. The molecule has 4 aromatic rings. The average molecular weight is 395 g/mol. The fourth-order valence-corrected chi connectivity index (χ4v) is 4.05. The largest absolute Gasteiger partial charge is 0.497 e. The summed E-state index contributed by atoms with van der Waals surface area (Å²) in [4.78, 5) is 15.9.